The molecule has 5 nitrogen and oxygen atoms in total. The first-order valence-corrected chi connectivity index (χ1v) is 7.04. The second-order valence-corrected chi connectivity index (χ2v) is 5.67. The summed E-state index contributed by atoms with van der Waals surface area (Å²) in [6, 6.07) is 7.67. The van der Waals surface area contributed by atoms with Crippen LogP contribution >= 0.6 is 15.9 Å². The Morgan fingerprint density at radius 2 is 2.15 bits per heavy atom. The van der Waals surface area contributed by atoms with Crippen LogP contribution in [-0.2, 0) is 0 Å². The lowest BCUT2D eigenvalue weighted by Gasteiger charge is -2.14. The summed E-state index contributed by atoms with van der Waals surface area (Å²) in [4.78, 5) is 0. The van der Waals surface area contributed by atoms with Crippen LogP contribution in [0.2, 0.25) is 0 Å². The lowest BCUT2D eigenvalue weighted by atomic mass is 10.2. The van der Waals surface area contributed by atoms with Gasteiger partial charge in [-0.3, -0.25) is 0 Å². The number of benzene rings is 1. The maximum atomic E-state index is 8.88. The number of anilines is 3. The fourth-order valence-corrected chi connectivity index (χ4v) is 2.35. The standard InChI is InChI=1S/C14H16BrN5/c1-8(2)20-14(13(17)9(3)19-20)18-12-5-4-10(7-16)6-11(12)15/h4-6,8,18H,17H2,1-3H3. The number of nitrogen functional groups attached to an aromatic ring is 1. The summed E-state index contributed by atoms with van der Waals surface area (Å²) < 4.78 is 2.67. The molecule has 3 N–H and O–H groups in total. The lowest BCUT2D eigenvalue weighted by molar-refractivity contribution is 0.536. The molecule has 0 aliphatic rings. The number of aromatic nitrogens is 2. The smallest absolute Gasteiger partial charge is 0.152 e. The lowest BCUT2D eigenvalue weighted by Crippen LogP contribution is -2.08. The minimum Gasteiger partial charge on any atom is -0.394 e. The molecule has 104 valence electrons. The number of rotatable bonds is 3. The van der Waals surface area contributed by atoms with Gasteiger partial charge < -0.3 is 11.1 Å². The number of halogens is 1. The Kier molecular flexibility index (Phi) is 4.00. The van der Waals surface area contributed by atoms with Crippen LogP contribution in [-0.4, -0.2) is 9.78 Å². The van der Waals surface area contributed by atoms with Crippen LogP contribution in [0, 0.1) is 18.3 Å². The molecule has 0 unspecified atom stereocenters. The summed E-state index contributed by atoms with van der Waals surface area (Å²) in [5, 5.41) is 16.6. The van der Waals surface area contributed by atoms with E-state index < -0.39 is 0 Å². The van der Waals surface area contributed by atoms with Gasteiger partial charge in [-0.1, -0.05) is 0 Å². The third-order valence-electron chi connectivity index (χ3n) is 2.97. The van der Waals surface area contributed by atoms with Gasteiger partial charge in [-0.15, -0.1) is 0 Å². The van der Waals surface area contributed by atoms with E-state index in [1.54, 1.807) is 12.1 Å². The maximum absolute atomic E-state index is 8.88. The van der Waals surface area contributed by atoms with Crippen LogP contribution in [0.15, 0.2) is 22.7 Å². The van der Waals surface area contributed by atoms with Crippen molar-refractivity contribution in [2.24, 2.45) is 0 Å². The quantitative estimate of drug-likeness (QED) is 0.896. The van der Waals surface area contributed by atoms with E-state index in [4.69, 9.17) is 11.0 Å². The van der Waals surface area contributed by atoms with Crippen LogP contribution in [0.1, 0.15) is 31.1 Å². The van der Waals surface area contributed by atoms with E-state index in [0.29, 0.717) is 11.3 Å². The highest BCUT2D eigenvalue weighted by Crippen LogP contribution is 2.32. The Bertz CT molecular complexity index is 682. The number of nitriles is 1. The molecule has 1 heterocycles. The van der Waals surface area contributed by atoms with Crippen molar-refractivity contribution in [2.45, 2.75) is 26.8 Å². The molecule has 6 heteroatoms. The zero-order valence-electron chi connectivity index (χ0n) is 11.6. The van der Waals surface area contributed by atoms with Gasteiger partial charge in [-0.2, -0.15) is 10.4 Å². The van der Waals surface area contributed by atoms with Gasteiger partial charge in [0.1, 0.15) is 0 Å². The maximum Gasteiger partial charge on any atom is 0.152 e. The van der Waals surface area contributed by atoms with Crippen molar-refractivity contribution in [1.82, 2.24) is 9.78 Å². The summed E-state index contributed by atoms with van der Waals surface area (Å²) in [5.74, 6) is 0.767. The second kappa shape index (κ2) is 5.55. The van der Waals surface area contributed by atoms with Crippen LogP contribution in [0.25, 0.3) is 0 Å². The number of nitrogens with two attached hydrogens (primary N) is 1. The van der Waals surface area contributed by atoms with E-state index in [1.165, 1.54) is 0 Å². The van der Waals surface area contributed by atoms with Crippen molar-refractivity contribution in [2.75, 3.05) is 11.1 Å². The van der Waals surface area contributed by atoms with Gasteiger partial charge in [0.05, 0.1) is 28.7 Å². The van der Waals surface area contributed by atoms with E-state index >= 15 is 0 Å². The summed E-state index contributed by atoms with van der Waals surface area (Å²) in [6.07, 6.45) is 0. The predicted molar refractivity (Wildman–Crippen MR) is 83.9 cm³/mol. The topological polar surface area (TPSA) is 79.7 Å². The monoisotopic (exact) mass is 333 g/mol. The van der Waals surface area contributed by atoms with E-state index in [1.807, 2.05) is 31.5 Å². The largest absolute Gasteiger partial charge is 0.394 e. The van der Waals surface area contributed by atoms with Crippen molar-refractivity contribution in [3.8, 4) is 6.07 Å². The Labute approximate surface area is 126 Å². The average Bonchev–Trinajstić information content (AvgIpc) is 2.69. The van der Waals surface area contributed by atoms with Gasteiger partial charge in [0.15, 0.2) is 5.82 Å². The fourth-order valence-electron chi connectivity index (χ4n) is 1.87. The average molecular weight is 334 g/mol. The van der Waals surface area contributed by atoms with Gasteiger partial charge >= 0.3 is 0 Å². The van der Waals surface area contributed by atoms with Gasteiger partial charge in [-0.25, -0.2) is 4.68 Å². The minimum atomic E-state index is 0.200. The van der Waals surface area contributed by atoms with E-state index in [9.17, 15) is 0 Å². The highest BCUT2D eigenvalue weighted by molar-refractivity contribution is 9.10. The third-order valence-corrected chi connectivity index (χ3v) is 3.63. The van der Waals surface area contributed by atoms with Crippen LogP contribution < -0.4 is 11.1 Å². The Balaban J connectivity index is 2.43. The number of hydrogen-bond donors (Lipinski definition) is 2. The number of aryl methyl sites for hydroxylation is 1. The van der Waals surface area contributed by atoms with Crippen molar-refractivity contribution >= 4 is 33.1 Å². The third kappa shape index (κ3) is 2.63. The van der Waals surface area contributed by atoms with Crippen molar-refractivity contribution in [3.05, 3.63) is 33.9 Å². The molecule has 20 heavy (non-hydrogen) atoms. The summed E-state index contributed by atoms with van der Waals surface area (Å²) in [5.41, 5.74) is 8.96. The highest BCUT2D eigenvalue weighted by atomic mass is 79.9. The molecule has 0 fully saturated rings. The van der Waals surface area contributed by atoms with Gasteiger partial charge in [0.2, 0.25) is 0 Å². The molecule has 1 aromatic carbocycles. The molecule has 0 bridgehead atoms. The zero-order valence-corrected chi connectivity index (χ0v) is 13.2. The number of nitrogens with zero attached hydrogens (tertiary/aromatic N) is 3. The predicted octanol–water partition coefficient (Wildman–Crippen LogP) is 3.73. The normalized spacial score (nSPS) is 10.6. The van der Waals surface area contributed by atoms with Gasteiger partial charge in [0, 0.05) is 10.5 Å². The van der Waals surface area contributed by atoms with Crippen molar-refractivity contribution < 1.29 is 0 Å². The molecule has 0 amide bonds. The Hall–Kier alpha value is -2.00. The van der Waals surface area contributed by atoms with E-state index in [2.05, 4.69) is 32.4 Å². The Morgan fingerprint density at radius 1 is 1.45 bits per heavy atom. The molecule has 0 saturated carbocycles. The minimum absolute atomic E-state index is 0.200. The first-order chi connectivity index (χ1) is 9.43. The highest BCUT2D eigenvalue weighted by Gasteiger charge is 2.15. The molecule has 0 spiro atoms. The van der Waals surface area contributed by atoms with Crippen LogP contribution in [0.4, 0.5) is 17.2 Å². The molecule has 0 aliphatic carbocycles. The number of nitrogens with one attached hydrogen (secondary N) is 1. The molecule has 0 aliphatic heterocycles. The van der Waals surface area contributed by atoms with Gasteiger partial charge in [-0.05, 0) is 54.9 Å². The number of hydrogen-bond acceptors (Lipinski definition) is 4. The molecule has 0 saturated heterocycles. The molecule has 1 aromatic heterocycles. The van der Waals surface area contributed by atoms with E-state index in [-0.39, 0.29) is 6.04 Å². The van der Waals surface area contributed by atoms with Crippen molar-refractivity contribution in [1.29, 1.82) is 5.26 Å². The summed E-state index contributed by atoms with van der Waals surface area (Å²) in [6.45, 7) is 5.98. The zero-order chi connectivity index (χ0) is 14.9. The molecule has 2 aromatic rings. The van der Waals surface area contributed by atoms with Crippen molar-refractivity contribution in [3.63, 3.8) is 0 Å². The first kappa shape index (κ1) is 14.4. The summed E-state index contributed by atoms with van der Waals surface area (Å²) >= 11 is 3.45. The van der Waals surface area contributed by atoms with Crippen LogP contribution in [0.3, 0.4) is 0 Å². The molecular weight excluding hydrogens is 318 g/mol. The SMILES string of the molecule is Cc1nn(C(C)C)c(Nc2ccc(C#N)cc2Br)c1N. The van der Waals surface area contributed by atoms with Gasteiger partial charge in [0.25, 0.3) is 0 Å². The van der Waals surface area contributed by atoms with Crippen LogP contribution in [0.5, 0.6) is 0 Å². The Morgan fingerprint density at radius 3 is 2.70 bits per heavy atom. The molecule has 0 atom stereocenters. The second-order valence-electron chi connectivity index (χ2n) is 4.82. The molecular formula is C14H16BrN5. The fraction of sp³-hybridized carbons (Fsp3) is 0.286. The molecule has 2 rings (SSSR count). The first-order valence-electron chi connectivity index (χ1n) is 6.25. The summed E-state index contributed by atoms with van der Waals surface area (Å²) in [7, 11) is 0. The molecule has 0 radical (unpaired) electrons. The van der Waals surface area contributed by atoms with E-state index in [0.717, 1.165) is 21.7 Å².